The molecular formula is C23H30N2O4S. The highest BCUT2D eigenvalue weighted by Gasteiger charge is 2.34. The molecule has 0 radical (unpaired) electrons. The fourth-order valence-corrected chi connectivity index (χ4v) is 5.90. The summed E-state index contributed by atoms with van der Waals surface area (Å²) in [5.41, 5.74) is 3.02. The Morgan fingerprint density at radius 3 is 2.40 bits per heavy atom. The molecule has 3 rings (SSSR count). The Hall–Kier alpha value is -2.38. The number of hydrogen-bond donors (Lipinski definition) is 1. The SMILES string of the molecule is COc1ccc(C(=O)Nc2cccc(C)c2C)cc1S(=O)(=O)N1CC(C)CC(C)C1. The van der Waals surface area contributed by atoms with Gasteiger partial charge in [-0.05, 0) is 67.5 Å². The van der Waals surface area contributed by atoms with E-state index in [1.807, 2.05) is 32.0 Å². The maximum atomic E-state index is 13.4. The van der Waals surface area contributed by atoms with Gasteiger partial charge < -0.3 is 10.1 Å². The smallest absolute Gasteiger partial charge is 0.255 e. The zero-order valence-electron chi connectivity index (χ0n) is 18.2. The van der Waals surface area contributed by atoms with Gasteiger partial charge in [-0.2, -0.15) is 4.31 Å². The van der Waals surface area contributed by atoms with Gasteiger partial charge >= 0.3 is 0 Å². The van der Waals surface area contributed by atoms with E-state index in [1.54, 1.807) is 12.1 Å². The predicted molar refractivity (Wildman–Crippen MR) is 119 cm³/mol. The maximum Gasteiger partial charge on any atom is 0.255 e. The van der Waals surface area contributed by atoms with Crippen LogP contribution in [0.5, 0.6) is 5.75 Å². The van der Waals surface area contributed by atoms with Crippen LogP contribution in [0.2, 0.25) is 0 Å². The summed E-state index contributed by atoms with van der Waals surface area (Å²) in [5, 5.41) is 2.89. The molecule has 1 fully saturated rings. The fourth-order valence-electron chi connectivity index (χ4n) is 4.04. The molecule has 1 saturated heterocycles. The number of sulfonamides is 1. The van der Waals surface area contributed by atoms with Crippen LogP contribution in [-0.2, 0) is 10.0 Å². The van der Waals surface area contributed by atoms with Gasteiger partial charge in [0.1, 0.15) is 10.6 Å². The minimum atomic E-state index is -3.79. The minimum Gasteiger partial charge on any atom is -0.495 e. The normalized spacial score (nSPS) is 20.0. The van der Waals surface area contributed by atoms with Crippen LogP contribution >= 0.6 is 0 Å². The third-order valence-corrected chi connectivity index (χ3v) is 7.58. The molecule has 30 heavy (non-hydrogen) atoms. The first-order valence-corrected chi connectivity index (χ1v) is 11.6. The second-order valence-electron chi connectivity index (χ2n) is 8.34. The number of ether oxygens (including phenoxy) is 1. The molecule has 1 aliphatic heterocycles. The quantitative estimate of drug-likeness (QED) is 0.770. The van der Waals surface area contributed by atoms with Crippen molar-refractivity contribution in [1.82, 2.24) is 4.31 Å². The minimum absolute atomic E-state index is 0.0277. The summed E-state index contributed by atoms with van der Waals surface area (Å²) in [7, 11) is -2.35. The van der Waals surface area contributed by atoms with E-state index >= 15 is 0 Å². The number of piperidine rings is 1. The summed E-state index contributed by atoms with van der Waals surface area (Å²) >= 11 is 0. The van der Waals surface area contributed by atoms with Gasteiger partial charge in [0.25, 0.3) is 5.91 Å². The Kier molecular flexibility index (Phi) is 6.53. The highest BCUT2D eigenvalue weighted by atomic mass is 32.2. The van der Waals surface area contributed by atoms with Crippen LogP contribution in [0.15, 0.2) is 41.3 Å². The summed E-state index contributed by atoms with van der Waals surface area (Å²) in [4.78, 5) is 12.9. The molecule has 1 N–H and O–H groups in total. The number of rotatable bonds is 5. The number of hydrogen-bond acceptors (Lipinski definition) is 4. The standard InChI is InChI=1S/C23H30N2O4S/c1-15-11-16(2)14-25(13-15)30(27,28)22-12-19(9-10-21(22)29-5)23(26)24-20-8-6-7-17(3)18(20)4/h6-10,12,15-16H,11,13-14H2,1-5H3,(H,24,26). The van der Waals surface area contributed by atoms with Gasteiger partial charge in [-0.1, -0.05) is 26.0 Å². The highest BCUT2D eigenvalue weighted by molar-refractivity contribution is 7.89. The second-order valence-corrected chi connectivity index (χ2v) is 10.2. The van der Waals surface area contributed by atoms with Crippen molar-refractivity contribution in [2.45, 2.75) is 39.0 Å². The van der Waals surface area contributed by atoms with Crippen molar-refractivity contribution < 1.29 is 17.9 Å². The molecular weight excluding hydrogens is 400 g/mol. The summed E-state index contributed by atoms with van der Waals surface area (Å²) in [6.07, 6.45) is 1.00. The van der Waals surface area contributed by atoms with Crippen molar-refractivity contribution in [2.24, 2.45) is 11.8 Å². The first-order chi connectivity index (χ1) is 14.1. The van der Waals surface area contributed by atoms with Crippen LogP contribution in [-0.4, -0.2) is 38.8 Å². The molecule has 0 aliphatic carbocycles. The fraction of sp³-hybridized carbons (Fsp3) is 0.435. The van der Waals surface area contributed by atoms with Crippen LogP contribution < -0.4 is 10.1 Å². The van der Waals surface area contributed by atoms with Crippen molar-refractivity contribution in [3.63, 3.8) is 0 Å². The van der Waals surface area contributed by atoms with Crippen LogP contribution in [0.4, 0.5) is 5.69 Å². The van der Waals surface area contributed by atoms with Gasteiger partial charge in [0, 0.05) is 24.3 Å². The van der Waals surface area contributed by atoms with Crippen molar-refractivity contribution in [1.29, 1.82) is 0 Å². The molecule has 2 atom stereocenters. The van der Waals surface area contributed by atoms with Gasteiger partial charge in [0.05, 0.1) is 7.11 Å². The summed E-state index contributed by atoms with van der Waals surface area (Å²) in [6.45, 7) is 8.97. The first-order valence-electron chi connectivity index (χ1n) is 10.2. The Balaban J connectivity index is 1.95. The number of carbonyl (C=O) groups excluding carboxylic acids is 1. The lowest BCUT2D eigenvalue weighted by Crippen LogP contribution is -2.42. The summed E-state index contributed by atoms with van der Waals surface area (Å²) in [5.74, 6) is 0.447. The van der Waals surface area contributed by atoms with Crippen LogP contribution in [0.1, 0.15) is 41.8 Å². The number of nitrogens with zero attached hydrogens (tertiary/aromatic N) is 1. The Morgan fingerprint density at radius 2 is 1.77 bits per heavy atom. The lowest BCUT2D eigenvalue weighted by atomic mass is 9.94. The largest absolute Gasteiger partial charge is 0.495 e. The molecule has 6 nitrogen and oxygen atoms in total. The highest BCUT2D eigenvalue weighted by Crippen LogP contribution is 2.32. The van der Waals surface area contributed by atoms with E-state index in [4.69, 9.17) is 4.74 Å². The topological polar surface area (TPSA) is 75.7 Å². The van der Waals surface area contributed by atoms with E-state index in [2.05, 4.69) is 19.2 Å². The maximum absolute atomic E-state index is 13.4. The number of methoxy groups -OCH3 is 1. The third kappa shape index (κ3) is 4.52. The molecule has 0 spiro atoms. The van der Waals surface area contributed by atoms with E-state index in [1.165, 1.54) is 17.5 Å². The van der Waals surface area contributed by atoms with Crippen LogP contribution in [0.25, 0.3) is 0 Å². The zero-order valence-corrected chi connectivity index (χ0v) is 19.0. The van der Waals surface area contributed by atoms with Gasteiger partial charge in [0.15, 0.2) is 0 Å². The average molecular weight is 431 g/mol. The van der Waals surface area contributed by atoms with E-state index < -0.39 is 10.0 Å². The van der Waals surface area contributed by atoms with Crippen LogP contribution in [0, 0.1) is 25.7 Å². The molecule has 1 aliphatic rings. The van der Waals surface area contributed by atoms with Gasteiger partial charge in [-0.25, -0.2) is 8.42 Å². The molecule has 162 valence electrons. The number of anilines is 1. The Labute approximate surface area is 179 Å². The van der Waals surface area contributed by atoms with Crippen LogP contribution in [0.3, 0.4) is 0 Å². The van der Waals surface area contributed by atoms with Crippen molar-refractivity contribution >= 4 is 21.6 Å². The summed E-state index contributed by atoms with van der Waals surface area (Å²) < 4.78 is 33.6. The lowest BCUT2D eigenvalue weighted by Gasteiger charge is -2.34. The number of aryl methyl sites for hydroxylation is 1. The first kappa shape index (κ1) is 22.3. The number of nitrogens with one attached hydrogen (secondary N) is 1. The van der Waals surface area contributed by atoms with Crippen molar-refractivity contribution in [2.75, 3.05) is 25.5 Å². The molecule has 0 saturated carbocycles. The van der Waals surface area contributed by atoms with Gasteiger partial charge in [-0.15, -0.1) is 0 Å². The predicted octanol–water partition coefficient (Wildman–Crippen LogP) is 4.23. The molecule has 7 heteroatoms. The Morgan fingerprint density at radius 1 is 1.10 bits per heavy atom. The molecule has 0 bridgehead atoms. The number of amides is 1. The van der Waals surface area contributed by atoms with E-state index in [0.29, 0.717) is 18.8 Å². The van der Waals surface area contributed by atoms with Crippen molar-refractivity contribution in [3.05, 3.63) is 53.1 Å². The second kappa shape index (κ2) is 8.78. The molecule has 1 heterocycles. The third-order valence-electron chi connectivity index (χ3n) is 5.73. The number of benzene rings is 2. The molecule has 2 unspecified atom stereocenters. The van der Waals surface area contributed by atoms with Crippen molar-refractivity contribution in [3.8, 4) is 5.75 Å². The molecule has 1 amide bonds. The van der Waals surface area contributed by atoms with Gasteiger partial charge in [-0.3, -0.25) is 4.79 Å². The molecule has 2 aromatic carbocycles. The monoisotopic (exact) mass is 430 g/mol. The zero-order chi connectivity index (χ0) is 22.1. The lowest BCUT2D eigenvalue weighted by molar-refractivity contribution is 0.102. The molecule has 0 aromatic heterocycles. The average Bonchev–Trinajstić information content (AvgIpc) is 2.70. The number of carbonyl (C=O) groups is 1. The molecule has 2 aromatic rings. The van der Waals surface area contributed by atoms with E-state index in [0.717, 1.165) is 17.5 Å². The van der Waals surface area contributed by atoms with Gasteiger partial charge in [0.2, 0.25) is 10.0 Å². The van der Waals surface area contributed by atoms with E-state index in [-0.39, 0.29) is 34.0 Å². The Bertz CT molecular complexity index is 1040. The summed E-state index contributed by atoms with van der Waals surface area (Å²) in [6, 6.07) is 10.2. The van der Waals surface area contributed by atoms with E-state index in [9.17, 15) is 13.2 Å².